The molecule has 0 unspecified atom stereocenters. The second-order valence-corrected chi connectivity index (χ2v) is 2.21. The van der Waals surface area contributed by atoms with Gasteiger partial charge in [-0.2, -0.15) is 0 Å². The van der Waals surface area contributed by atoms with Gasteiger partial charge in [0.1, 0.15) is 0 Å². The smallest absolute Gasteiger partial charge is 0.0312 e. The van der Waals surface area contributed by atoms with E-state index in [1.165, 1.54) is 12.8 Å². The zero-order valence-corrected chi connectivity index (χ0v) is 6.49. The fourth-order valence-electron chi connectivity index (χ4n) is 0.701. The molecule has 0 aromatic rings. The van der Waals surface area contributed by atoms with E-state index in [2.05, 4.69) is 31.1 Å². The van der Waals surface area contributed by atoms with Crippen LogP contribution in [0.2, 0.25) is 0 Å². The molecule has 0 radical (unpaired) electrons. The highest BCUT2D eigenvalue weighted by atomic mass is 14.9. The summed E-state index contributed by atoms with van der Waals surface area (Å²) in [5.41, 5.74) is 0. The van der Waals surface area contributed by atoms with Gasteiger partial charge in [-0.05, 0) is 20.3 Å². The average Bonchev–Trinajstić information content (AvgIpc) is 1.85. The van der Waals surface area contributed by atoms with Crippen LogP contribution in [0.4, 0.5) is 0 Å². The molecule has 0 aromatic heterocycles. The Hall–Kier alpha value is -0.640. The molecule has 0 aliphatic carbocycles. The molecule has 0 aliphatic heterocycles. The largest absolute Gasteiger partial charge is 0.343 e. The van der Waals surface area contributed by atoms with E-state index in [-0.39, 0.29) is 0 Å². The molecule has 0 aliphatic rings. The maximum Gasteiger partial charge on any atom is 0.0312 e. The van der Waals surface area contributed by atoms with E-state index in [1.54, 1.807) is 0 Å². The molecular weight excluding hydrogens is 110 g/mol. The highest BCUT2D eigenvalue weighted by molar-refractivity contribution is 4.93. The molecule has 0 saturated carbocycles. The predicted octanol–water partition coefficient (Wildman–Crippen LogP) is 1.75. The third-order valence-corrected chi connectivity index (χ3v) is 1.17. The van der Waals surface area contributed by atoms with Gasteiger partial charge in [-0.3, -0.25) is 0 Å². The summed E-state index contributed by atoms with van der Waals surface area (Å²) in [7, 11) is 0. The van der Waals surface area contributed by atoms with E-state index >= 15 is 0 Å². The Kier molecular flexibility index (Phi) is 5.11. The Morgan fingerprint density at radius 3 is 2.67 bits per heavy atom. The highest BCUT2D eigenvalue weighted by Gasteiger charge is 1.93. The minimum Gasteiger partial charge on any atom is -0.343 e. The van der Waals surface area contributed by atoms with Gasteiger partial charge in [0.15, 0.2) is 0 Å². The Morgan fingerprint density at radius 2 is 2.22 bits per heavy atom. The number of hydrogen-bond donors (Lipinski definition) is 1. The third kappa shape index (κ3) is 5.23. The summed E-state index contributed by atoms with van der Waals surface area (Å²) in [6, 6.07) is 3.38. The normalized spacial score (nSPS) is 11.4. The molecule has 0 bridgehead atoms. The van der Waals surface area contributed by atoms with Crippen LogP contribution >= 0.6 is 0 Å². The van der Waals surface area contributed by atoms with Crippen molar-refractivity contribution in [2.45, 2.75) is 39.7 Å². The summed E-state index contributed by atoms with van der Waals surface area (Å²) in [6.45, 7) is 6.16. The van der Waals surface area contributed by atoms with Gasteiger partial charge in [0.05, 0.1) is 0 Å². The van der Waals surface area contributed by atoms with Crippen LogP contribution in [0.3, 0.4) is 0 Å². The van der Waals surface area contributed by atoms with E-state index in [4.69, 9.17) is 0 Å². The van der Waals surface area contributed by atoms with Crippen LogP contribution in [0.25, 0.3) is 0 Å². The van der Waals surface area contributed by atoms with Crippen LogP contribution in [-0.2, 0) is 0 Å². The van der Waals surface area contributed by atoms with Gasteiger partial charge in [-0.15, -0.1) is 0 Å². The lowest BCUT2D eigenvalue weighted by Crippen LogP contribution is -2.19. The van der Waals surface area contributed by atoms with Gasteiger partial charge in [0.25, 0.3) is 0 Å². The summed E-state index contributed by atoms with van der Waals surface area (Å²) < 4.78 is 0. The molecule has 0 spiro atoms. The van der Waals surface area contributed by atoms with Crippen molar-refractivity contribution in [3.8, 4) is 12.0 Å². The third-order valence-electron chi connectivity index (χ3n) is 1.17. The Bertz CT molecular complexity index is 107. The SMILES string of the molecule is CC#CN[C@H](C)CCC. The molecule has 0 rings (SSSR count). The van der Waals surface area contributed by atoms with Gasteiger partial charge in [0.2, 0.25) is 0 Å². The molecule has 0 saturated heterocycles. The van der Waals surface area contributed by atoms with Crippen LogP contribution < -0.4 is 5.32 Å². The monoisotopic (exact) mass is 125 g/mol. The quantitative estimate of drug-likeness (QED) is 0.447. The summed E-state index contributed by atoms with van der Waals surface area (Å²) in [4.78, 5) is 0. The maximum atomic E-state index is 3.07. The van der Waals surface area contributed by atoms with Crippen LogP contribution in [-0.4, -0.2) is 6.04 Å². The summed E-state index contributed by atoms with van der Waals surface area (Å²) in [5, 5.41) is 3.07. The van der Waals surface area contributed by atoms with Crippen LogP contribution in [0.1, 0.15) is 33.6 Å². The zero-order valence-electron chi connectivity index (χ0n) is 6.49. The first-order chi connectivity index (χ1) is 4.31. The average molecular weight is 125 g/mol. The molecule has 1 atom stereocenters. The molecule has 0 heterocycles. The fourth-order valence-corrected chi connectivity index (χ4v) is 0.701. The van der Waals surface area contributed by atoms with E-state index < -0.39 is 0 Å². The Labute approximate surface area is 57.8 Å². The zero-order chi connectivity index (χ0) is 7.11. The van der Waals surface area contributed by atoms with Gasteiger partial charge < -0.3 is 5.32 Å². The highest BCUT2D eigenvalue weighted by Crippen LogP contribution is 1.92. The van der Waals surface area contributed by atoms with Crippen molar-refractivity contribution in [2.24, 2.45) is 0 Å². The molecule has 52 valence electrons. The van der Waals surface area contributed by atoms with Crippen molar-refractivity contribution in [2.75, 3.05) is 0 Å². The molecule has 1 N–H and O–H groups in total. The predicted molar refractivity (Wildman–Crippen MR) is 41.0 cm³/mol. The Balaban J connectivity index is 3.22. The lowest BCUT2D eigenvalue weighted by atomic mass is 10.2. The van der Waals surface area contributed by atoms with Crippen molar-refractivity contribution in [3.05, 3.63) is 0 Å². The summed E-state index contributed by atoms with van der Waals surface area (Å²) >= 11 is 0. The number of hydrogen-bond acceptors (Lipinski definition) is 1. The molecular formula is C8H15N. The Morgan fingerprint density at radius 1 is 1.56 bits per heavy atom. The van der Waals surface area contributed by atoms with Crippen molar-refractivity contribution < 1.29 is 0 Å². The topological polar surface area (TPSA) is 12.0 Å². The van der Waals surface area contributed by atoms with E-state index in [1.807, 2.05) is 6.92 Å². The summed E-state index contributed by atoms with van der Waals surface area (Å²) in [5.74, 6) is 2.80. The second kappa shape index (κ2) is 5.50. The first kappa shape index (κ1) is 8.36. The number of rotatable bonds is 3. The molecule has 0 aromatic carbocycles. The minimum atomic E-state index is 0.544. The first-order valence-electron chi connectivity index (χ1n) is 3.48. The van der Waals surface area contributed by atoms with Crippen molar-refractivity contribution >= 4 is 0 Å². The van der Waals surface area contributed by atoms with Gasteiger partial charge in [-0.1, -0.05) is 19.3 Å². The van der Waals surface area contributed by atoms with Crippen LogP contribution in [0.15, 0.2) is 0 Å². The standard InChI is InChI=1S/C8H15N/c1-4-6-8(3)9-7-5-2/h8-9H,4,6H2,1-3H3/t8-/m1/s1. The number of nitrogens with one attached hydrogen (secondary N) is 1. The van der Waals surface area contributed by atoms with Gasteiger partial charge in [-0.25, -0.2) is 0 Å². The first-order valence-corrected chi connectivity index (χ1v) is 3.48. The fraction of sp³-hybridized carbons (Fsp3) is 0.750. The molecule has 9 heavy (non-hydrogen) atoms. The van der Waals surface area contributed by atoms with Crippen molar-refractivity contribution in [3.63, 3.8) is 0 Å². The van der Waals surface area contributed by atoms with Gasteiger partial charge in [0, 0.05) is 12.1 Å². The lowest BCUT2D eigenvalue weighted by molar-refractivity contribution is 0.589. The molecule has 1 nitrogen and oxygen atoms in total. The van der Waals surface area contributed by atoms with Crippen LogP contribution in [0.5, 0.6) is 0 Å². The summed E-state index contributed by atoms with van der Waals surface area (Å²) in [6.07, 6.45) is 2.42. The molecule has 0 amide bonds. The van der Waals surface area contributed by atoms with Crippen molar-refractivity contribution in [1.29, 1.82) is 0 Å². The minimum absolute atomic E-state index is 0.544. The maximum absolute atomic E-state index is 3.07. The van der Waals surface area contributed by atoms with E-state index in [0.29, 0.717) is 6.04 Å². The lowest BCUT2D eigenvalue weighted by Gasteiger charge is -2.06. The van der Waals surface area contributed by atoms with Gasteiger partial charge >= 0.3 is 0 Å². The molecule has 0 fully saturated rings. The molecule has 1 heteroatoms. The van der Waals surface area contributed by atoms with Crippen LogP contribution in [0, 0.1) is 12.0 Å². The van der Waals surface area contributed by atoms with E-state index in [0.717, 1.165) is 0 Å². The second-order valence-electron chi connectivity index (χ2n) is 2.21. The van der Waals surface area contributed by atoms with Crippen molar-refractivity contribution in [1.82, 2.24) is 5.32 Å². The van der Waals surface area contributed by atoms with E-state index in [9.17, 15) is 0 Å².